The summed E-state index contributed by atoms with van der Waals surface area (Å²) in [5, 5.41) is 6.70. The Morgan fingerprint density at radius 1 is 1.10 bits per heavy atom. The molecule has 0 spiro atoms. The number of hydrogen-bond acceptors (Lipinski definition) is 5. The van der Waals surface area contributed by atoms with Crippen LogP contribution in [0.15, 0.2) is 22.7 Å². The summed E-state index contributed by atoms with van der Waals surface area (Å²) in [4.78, 5) is 8.20. The standard InChI is InChI=1S/C22H28F3N5O/c1-3-5-6-7-8-20-27-17-15-16(9-11-18(17)30(20)14-13-26-4-2)10-12-19-28-21(31-29-19)22(23,24)25/h9-12,15,26H,3-8,13-14H2,1-2H3/b12-10+. The van der Waals surface area contributed by atoms with Crippen molar-refractivity contribution in [2.75, 3.05) is 13.1 Å². The van der Waals surface area contributed by atoms with E-state index in [0.29, 0.717) is 0 Å². The molecule has 2 heterocycles. The molecule has 0 saturated heterocycles. The van der Waals surface area contributed by atoms with E-state index in [1.54, 1.807) is 6.08 Å². The number of fused-ring (bicyclic) bond motifs is 1. The Morgan fingerprint density at radius 3 is 2.65 bits per heavy atom. The molecule has 2 aromatic heterocycles. The van der Waals surface area contributed by atoms with Gasteiger partial charge >= 0.3 is 12.1 Å². The third-order valence-electron chi connectivity index (χ3n) is 4.98. The number of halogens is 3. The molecule has 9 heteroatoms. The van der Waals surface area contributed by atoms with Crippen molar-refractivity contribution in [1.29, 1.82) is 0 Å². The molecule has 0 aliphatic rings. The van der Waals surface area contributed by atoms with Crippen LogP contribution in [-0.2, 0) is 19.1 Å². The van der Waals surface area contributed by atoms with Crippen LogP contribution in [0.5, 0.6) is 0 Å². The Labute approximate surface area is 179 Å². The van der Waals surface area contributed by atoms with E-state index in [1.807, 2.05) is 18.2 Å². The predicted octanol–water partition coefficient (Wildman–Crippen LogP) is 5.34. The number of rotatable bonds is 11. The van der Waals surface area contributed by atoms with Crippen LogP contribution >= 0.6 is 0 Å². The van der Waals surface area contributed by atoms with Gasteiger partial charge in [-0.2, -0.15) is 18.2 Å². The quantitative estimate of drug-likeness (QED) is 0.412. The van der Waals surface area contributed by atoms with Gasteiger partial charge in [0.1, 0.15) is 5.82 Å². The van der Waals surface area contributed by atoms with Gasteiger partial charge in [0.2, 0.25) is 0 Å². The maximum atomic E-state index is 12.6. The summed E-state index contributed by atoms with van der Waals surface area (Å²) in [5.41, 5.74) is 2.73. The van der Waals surface area contributed by atoms with E-state index < -0.39 is 12.1 Å². The van der Waals surface area contributed by atoms with E-state index in [1.165, 1.54) is 25.3 Å². The van der Waals surface area contributed by atoms with Crippen LogP contribution in [0.2, 0.25) is 0 Å². The van der Waals surface area contributed by atoms with Crippen LogP contribution < -0.4 is 5.32 Å². The fraction of sp³-hybridized carbons (Fsp3) is 0.500. The van der Waals surface area contributed by atoms with Gasteiger partial charge in [-0.25, -0.2) is 4.98 Å². The van der Waals surface area contributed by atoms with Crippen LogP contribution in [0.4, 0.5) is 13.2 Å². The number of unbranched alkanes of at least 4 members (excludes halogenated alkanes) is 3. The lowest BCUT2D eigenvalue weighted by Gasteiger charge is -2.09. The minimum Gasteiger partial charge on any atom is -0.329 e. The minimum absolute atomic E-state index is 0.125. The van der Waals surface area contributed by atoms with Gasteiger partial charge in [-0.1, -0.05) is 50.4 Å². The van der Waals surface area contributed by atoms with Crippen molar-refractivity contribution in [2.24, 2.45) is 0 Å². The van der Waals surface area contributed by atoms with Gasteiger partial charge in [0.25, 0.3) is 0 Å². The average Bonchev–Trinajstić information content (AvgIpc) is 3.35. The van der Waals surface area contributed by atoms with Crippen LogP contribution in [0.3, 0.4) is 0 Å². The second-order valence-corrected chi connectivity index (χ2v) is 7.38. The van der Waals surface area contributed by atoms with Crippen LogP contribution in [0.25, 0.3) is 23.2 Å². The maximum absolute atomic E-state index is 12.6. The van der Waals surface area contributed by atoms with Crippen molar-refractivity contribution < 1.29 is 17.7 Å². The third-order valence-corrected chi connectivity index (χ3v) is 4.98. The Hall–Kier alpha value is -2.68. The Kier molecular flexibility index (Phi) is 7.84. The molecule has 0 atom stereocenters. The Balaban J connectivity index is 1.80. The average molecular weight is 435 g/mol. The molecule has 0 aliphatic heterocycles. The zero-order chi connectivity index (χ0) is 22.3. The normalized spacial score (nSPS) is 12.4. The van der Waals surface area contributed by atoms with Crippen molar-refractivity contribution >= 4 is 23.2 Å². The first-order valence-electron chi connectivity index (χ1n) is 10.7. The summed E-state index contributed by atoms with van der Waals surface area (Å²) in [6.07, 6.45) is 4.03. The van der Waals surface area contributed by atoms with Crippen molar-refractivity contribution in [2.45, 2.75) is 58.7 Å². The molecule has 0 bridgehead atoms. The number of benzene rings is 1. The number of aromatic nitrogens is 4. The number of hydrogen-bond donors (Lipinski definition) is 1. The van der Waals surface area contributed by atoms with Crippen LogP contribution in [-0.4, -0.2) is 32.8 Å². The molecule has 0 aliphatic carbocycles. The zero-order valence-electron chi connectivity index (χ0n) is 17.9. The number of likely N-dealkylation sites (N-methyl/N-ethyl adjacent to an activating group) is 1. The maximum Gasteiger partial charge on any atom is 0.471 e. The highest BCUT2D eigenvalue weighted by Gasteiger charge is 2.38. The lowest BCUT2D eigenvalue weighted by atomic mass is 10.1. The number of alkyl halides is 3. The highest BCUT2D eigenvalue weighted by molar-refractivity contribution is 5.81. The summed E-state index contributed by atoms with van der Waals surface area (Å²) < 4.78 is 44.3. The first-order valence-corrected chi connectivity index (χ1v) is 10.7. The molecule has 3 rings (SSSR count). The topological polar surface area (TPSA) is 68.8 Å². The number of aryl methyl sites for hydroxylation is 1. The summed E-state index contributed by atoms with van der Waals surface area (Å²) in [7, 11) is 0. The molecule has 1 aromatic carbocycles. The lowest BCUT2D eigenvalue weighted by Crippen LogP contribution is -2.20. The van der Waals surface area contributed by atoms with Crippen LogP contribution in [0.1, 0.15) is 62.6 Å². The summed E-state index contributed by atoms with van der Waals surface area (Å²) in [5.74, 6) is -0.409. The van der Waals surface area contributed by atoms with E-state index in [4.69, 9.17) is 4.98 Å². The van der Waals surface area contributed by atoms with Crippen LogP contribution in [0, 0.1) is 0 Å². The van der Waals surface area contributed by atoms with E-state index in [-0.39, 0.29) is 5.82 Å². The molecule has 0 fully saturated rings. The molecule has 0 radical (unpaired) electrons. The minimum atomic E-state index is -4.65. The van der Waals surface area contributed by atoms with Gasteiger partial charge in [-0.3, -0.25) is 0 Å². The summed E-state index contributed by atoms with van der Waals surface area (Å²) in [6, 6.07) is 5.84. The second kappa shape index (κ2) is 10.6. The van der Waals surface area contributed by atoms with Crippen molar-refractivity contribution in [1.82, 2.24) is 25.0 Å². The number of imidazole rings is 1. The van der Waals surface area contributed by atoms with Gasteiger partial charge in [0.15, 0.2) is 5.82 Å². The first kappa shape index (κ1) is 23.0. The Morgan fingerprint density at radius 2 is 1.94 bits per heavy atom. The molecule has 168 valence electrons. The molecule has 31 heavy (non-hydrogen) atoms. The van der Waals surface area contributed by atoms with Gasteiger partial charge in [0.05, 0.1) is 11.0 Å². The molecular formula is C22H28F3N5O. The summed E-state index contributed by atoms with van der Waals surface area (Å²) >= 11 is 0. The molecule has 0 unspecified atom stereocenters. The third kappa shape index (κ3) is 6.16. The molecule has 1 N–H and O–H groups in total. The van der Waals surface area contributed by atoms with Crippen molar-refractivity contribution in [3.05, 3.63) is 41.3 Å². The number of nitrogens with one attached hydrogen (secondary N) is 1. The molecule has 0 amide bonds. The monoisotopic (exact) mass is 435 g/mol. The SMILES string of the molecule is CCCCCCc1nc2cc(/C=C/c3noc(C(F)(F)F)n3)ccc2n1CCNCC. The molecule has 6 nitrogen and oxygen atoms in total. The van der Waals surface area contributed by atoms with E-state index in [9.17, 15) is 13.2 Å². The highest BCUT2D eigenvalue weighted by atomic mass is 19.4. The molecule has 0 saturated carbocycles. The lowest BCUT2D eigenvalue weighted by molar-refractivity contribution is -0.159. The predicted molar refractivity (Wildman–Crippen MR) is 114 cm³/mol. The first-order chi connectivity index (χ1) is 14.9. The van der Waals surface area contributed by atoms with Crippen molar-refractivity contribution in [3.63, 3.8) is 0 Å². The van der Waals surface area contributed by atoms with E-state index in [0.717, 1.165) is 54.9 Å². The smallest absolute Gasteiger partial charge is 0.329 e. The fourth-order valence-corrected chi connectivity index (χ4v) is 3.41. The zero-order valence-corrected chi connectivity index (χ0v) is 17.9. The van der Waals surface area contributed by atoms with Crippen molar-refractivity contribution in [3.8, 4) is 0 Å². The van der Waals surface area contributed by atoms with E-state index in [2.05, 4.69) is 38.4 Å². The number of nitrogens with zero attached hydrogens (tertiary/aromatic N) is 4. The van der Waals surface area contributed by atoms with Gasteiger partial charge < -0.3 is 14.4 Å². The van der Waals surface area contributed by atoms with Gasteiger partial charge in [0, 0.05) is 19.5 Å². The largest absolute Gasteiger partial charge is 0.471 e. The van der Waals surface area contributed by atoms with E-state index >= 15 is 0 Å². The fourth-order valence-electron chi connectivity index (χ4n) is 3.41. The second-order valence-electron chi connectivity index (χ2n) is 7.38. The Bertz CT molecular complexity index is 1010. The molecular weight excluding hydrogens is 407 g/mol. The van der Waals surface area contributed by atoms with Gasteiger partial charge in [-0.05, 0) is 36.7 Å². The van der Waals surface area contributed by atoms with Gasteiger partial charge in [-0.15, -0.1) is 0 Å². The summed E-state index contributed by atoms with van der Waals surface area (Å²) in [6.45, 7) is 6.90. The molecule has 3 aromatic rings. The highest BCUT2D eigenvalue weighted by Crippen LogP contribution is 2.27.